The van der Waals surface area contributed by atoms with Crippen molar-refractivity contribution < 1.29 is 5.11 Å². The molecule has 10 heteroatoms. The third-order valence-electron chi connectivity index (χ3n) is 6.89. The summed E-state index contributed by atoms with van der Waals surface area (Å²) in [5, 5.41) is 24.3. The van der Waals surface area contributed by atoms with Gasteiger partial charge in [0.1, 0.15) is 5.82 Å². The first-order chi connectivity index (χ1) is 17.6. The van der Waals surface area contributed by atoms with E-state index in [1.165, 1.54) is 0 Å². The van der Waals surface area contributed by atoms with Crippen molar-refractivity contribution in [3.05, 3.63) is 82.3 Å². The average Bonchev–Trinajstić information content (AvgIpc) is 3.64. The summed E-state index contributed by atoms with van der Waals surface area (Å²) < 4.78 is 5.42. The molecule has 10 nitrogen and oxygen atoms in total. The van der Waals surface area contributed by atoms with Crippen molar-refractivity contribution in [1.82, 2.24) is 34.3 Å². The van der Waals surface area contributed by atoms with Crippen LogP contribution in [0.25, 0.3) is 17.2 Å². The van der Waals surface area contributed by atoms with Crippen LogP contribution >= 0.6 is 0 Å². The standard InChI is InChI=1S/C26H30N8O2/c1-3-4-8-22-16-33(24-20(17-35)9-14-32(24)2)25(36)34(22)18-26(10-12-27-13-11-26)21-7-5-6-19(15-21)23-28-30-31-29-23/h5-7,9-10,12-16,35H,3-4,8,11,17-18H2,1-2H3,(H,28,29,30,31). The zero-order valence-corrected chi connectivity index (χ0v) is 20.5. The number of tetrazole rings is 1. The zero-order chi connectivity index (χ0) is 25.1. The van der Waals surface area contributed by atoms with Crippen molar-refractivity contribution in [3.63, 3.8) is 0 Å². The van der Waals surface area contributed by atoms with Crippen LogP contribution in [0.4, 0.5) is 0 Å². The number of aryl methyl sites for hydroxylation is 2. The van der Waals surface area contributed by atoms with Gasteiger partial charge in [-0.15, -0.1) is 10.2 Å². The number of hydrogen-bond acceptors (Lipinski definition) is 6. The maximum absolute atomic E-state index is 13.9. The van der Waals surface area contributed by atoms with Gasteiger partial charge < -0.3 is 9.67 Å². The molecule has 1 aliphatic rings. The average molecular weight is 487 g/mol. The molecule has 4 heterocycles. The number of nitrogens with one attached hydrogen (secondary N) is 1. The maximum Gasteiger partial charge on any atom is 0.334 e. The van der Waals surface area contributed by atoms with E-state index in [0.29, 0.717) is 30.2 Å². The van der Waals surface area contributed by atoms with Crippen LogP contribution in [0.1, 0.15) is 43.0 Å². The first-order valence-electron chi connectivity index (χ1n) is 12.2. The van der Waals surface area contributed by atoms with Crippen molar-refractivity contribution in [2.45, 2.75) is 51.2 Å². The van der Waals surface area contributed by atoms with Crippen molar-refractivity contribution in [2.75, 3.05) is 0 Å². The van der Waals surface area contributed by atoms with Crippen LogP contribution < -0.4 is 5.69 Å². The number of rotatable bonds is 9. The number of allylic oxidation sites excluding steroid dienone is 1. The largest absolute Gasteiger partial charge is 0.392 e. The molecule has 0 bridgehead atoms. The Morgan fingerprint density at radius 2 is 2.14 bits per heavy atom. The van der Waals surface area contributed by atoms with Crippen molar-refractivity contribution in [1.29, 1.82) is 0 Å². The molecule has 1 aliphatic heterocycles. The summed E-state index contributed by atoms with van der Waals surface area (Å²) in [4.78, 5) is 18.2. The summed E-state index contributed by atoms with van der Waals surface area (Å²) in [5.74, 6) is 1.21. The molecule has 0 spiro atoms. The first kappa shape index (κ1) is 23.7. The predicted octanol–water partition coefficient (Wildman–Crippen LogP) is 2.92. The minimum absolute atomic E-state index is 0.123. The molecule has 0 radical (unpaired) electrons. The van der Waals surface area contributed by atoms with Crippen LogP contribution in [-0.4, -0.2) is 45.6 Å². The molecule has 0 aliphatic carbocycles. The quantitative estimate of drug-likeness (QED) is 0.377. The van der Waals surface area contributed by atoms with Crippen LogP contribution in [-0.2, 0) is 32.0 Å². The number of benzene rings is 1. The Hall–Kier alpha value is -4.05. The zero-order valence-electron chi connectivity index (χ0n) is 20.5. The molecule has 1 unspecified atom stereocenters. The van der Waals surface area contributed by atoms with Gasteiger partial charge in [0.05, 0.1) is 6.61 Å². The fraction of sp³-hybridized carbons (Fsp3) is 0.346. The summed E-state index contributed by atoms with van der Waals surface area (Å²) in [6.07, 6.45) is 13.0. The fourth-order valence-corrected chi connectivity index (χ4v) is 4.91. The van der Waals surface area contributed by atoms with Gasteiger partial charge in [-0.3, -0.25) is 14.1 Å². The summed E-state index contributed by atoms with van der Waals surface area (Å²) >= 11 is 0. The van der Waals surface area contributed by atoms with Gasteiger partial charge in [0.15, 0.2) is 0 Å². The van der Waals surface area contributed by atoms with E-state index in [-0.39, 0.29) is 12.3 Å². The number of imidazole rings is 1. The number of aliphatic hydroxyl groups excluding tert-OH is 1. The van der Waals surface area contributed by atoms with Gasteiger partial charge in [-0.05, 0) is 42.2 Å². The van der Waals surface area contributed by atoms with E-state index in [1.54, 1.807) is 10.8 Å². The molecule has 0 saturated carbocycles. The molecule has 4 aromatic rings. The van der Waals surface area contributed by atoms with Crippen LogP contribution in [0.15, 0.2) is 64.8 Å². The summed E-state index contributed by atoms with van der Waals surface area (Å²) in [7, 11) is 1.88. The maximum atomic E-state index is 13.9. The molecule has 0 saturated heterocycles. The number of aromatic nitrogens is 7. The predicted molar refractivity (Wildman–Crippen MR) is 137 cm³/mol. The van der Waals surface area contributed by atoms with E-state index in [1.807, 2.05) is 53.0 Å². The Morgan fingerprint density at radius 1 is 1.25 bits per heavy atom. The van der Waals surface area contributed by atoms with Crippen molar-refractivity contribution >= 4 is 6.21 Å². The van der Waals surface area contributed by atoms with Crippen LogP contribution in [0.2, 0.25) is 0 Å². The van der Waals surface area contributed by atoms with E-state index < -0.39 is 5.41 Å². The summed E-state index contributed by atoms with van der Waals surface area (Å²) in [6.45, 7) is 2.46. The second-order valence-electron chi connectivity index (χ2n) is 9.22. The topological polar surface area (TPSA) is 119 Å². The van der Waals surface area contributed by atoms with Gasteiger partial charge >= 0.3 is 5.69 Å². The van der Waals surface area contributed by atoms with Crippen LogP contribution in [0, 0.1) is 0 Å². The van der Waals surface area contributed by atoms with Gasteiger partial charge in [-0.2, -0.15) is 5.21 Å². The molecule has 0 amide bonds. The smallest absolute Gasteiger partial charge is 0.334 e. The Morgan fingerprint density at radius 3 is 2.86 bits per heavy atom. The third kappa shape index (κ3) is 4.24. The van der Waals surface area contributed by atoms with Gasteiger partial charge in [-0.25, -0.2) is 4.79 Å². The number of unbranched alkanes of at least 4 members (excludes halogenated alkanes) is 1. The molecule has 1 atom stereocenters. The SMILES string of the molecule is CCCCc1cn(-c2c(CO)ccn2C)c(=O)n1CC1(c2cccc(-c3nn[nH]n3)c2)C=CN=CC1. The Bertz CT molecular complexity index is 1460. The molecule has 5 rings (SSSR count). The lowest BCUT2D eigenvalue weighted by Gasteiger charge is -2.32. The van der Waals surface area contributed by atoms with Crippen LogP contribution in [0.3, 0.4) is 0 Å². The second kappa shape index (κ2) is 9.90. The number of nitrogens with zero attached hydrogens (tertiary/aromatic N) is 7. The molecule has 1 aromatic carbocycles. The molecular weight excluding hydrogens is 456 g/mol. The van der Waals surface area contributed by atoms with Crippen LogP contribution in [0.5, 0.6) is 0 Å². The normalized spacial score (nSPS) is 17.2. The number of aliphatic hydroxyl groups is 1. The Kier molecular flexibility index (Phi) is 6.51. The monoisotopic (exact) mass is 486 g/mol. The summed E-state index contributed by atoms with van der Waals surface area (Å²) in [6, 6.07) is 9.90. The molecule has 0 fully saturated rings. The van der Waals surface area contributed by atoms with Gasteiger partial charge in [0, 0.05) is 60.6 Å². The number of aromatic amines is 1. The summed E-state index contributed by atoms with van der Waals surface area (Å²) in [5.41, 5.74) is 2.98. The number of aliphatic imine (C=N–C) groups is 1. The lowest BCUT2D eigenvalue weighted by Crippen LogP contribution is -2.37. The minimum atomic E-state index is -0.480. The highest BCUT2D eigenvalue weighted by Gasteiger charge is 2.33. The fourth-order valence-electron chi connectivity index (χ4n) is 4.91. The van der Waals surface area contributed by atoms with Crippen molar-refractivity contribution in [3.8, 4) is 17.2 Å². The lowest BCUT2D eigenvalue weighted by molar-refractivity contribution is 0.281. The molecule has 186 valence electrons. The molecular formula is C26H30N8O2. The van der Waals surface area contributed by atoms with E-state index >= 15 is 0 Å². The molecule has 2 N–H and O–H groups in total. The third-order valence-corrected chi connectivity index (χ3v) is 6.89. The second-order valence-corrected chi connectivity index (χ2v) is 9.22. The lowest BCUT2D eigenvalue weighted by atomic mass is 9.76. The van der Waals surface area contributed by atoms with Crippen molar-refractivity contribution in [2.24, 2.45) is 12.0 Å². The van der Waals surface area contributed by atoms with Gasteiger partial charge in [-0.1, -0.05) is 37.6 Å². The number of hydrogen-bond donors (Lipinski definition) is 2. The van der Waals surface area contributed by atoms with E-state index in [4.69, 9.17) is 0 Å². The molecule has 3 aromatic heterocycles. The highest BCUT2D eigenvalue weighted by Crippen LogP contribution is 2.35. The van der Waals surface area contributed by atoms with Gasteiger partial charge in [0.2, 0.25) is 5.82 Å². The Balaban J connectivity index is 1.62. The minimum Gasteiger partial charge on any atom is -0.392 e. The van der Waals surface area contributed by atoms with E-state index in [9.17, 15) is 9.90 Å². The van der Waals surface area contributed by atoms with Gasteiger partial charge in [0.25, 0.3) is 0 Å². The highest BCUT2D eigenvalue weighted by molar-refractivity contribution is 5.65. The molecule has 36 heavy (non-hydrogen) atoms. The van der Waals surface area contributed by atoms with E-state index in [0.717, 1.165) is 36.1 Å². The number of H-pyrrole nitrogens is 1. The Labute approximate surface area is 208 Å². The highest BCUT2D eigenvalue weighted by atomic mass is 16.3. The first-order valence-corrected chi connectivity index (χ1v) is 12.2. The van der Waals surface area contributed by atoms with E-state index in [2.05, 4.69) is 50.7 Å².